The number of hydrogen-bond donors (Lipinski definition) is 2. The van der Waals surface area contributed by atoms with E-state index in [-0.39, 0.29) is 11.1 Å². The van der Waals surface area contributed by atoms with E-state index in [9.17, 15) is 9.59 Å². The van der Waals surface area contributed by atoms with Crippen LogP contribution in [0.4, 0.5) is 0 Å². The number of rotatable bonds is 5. The van der Waals surface area contributed by atoms with Gasteiger partial charge in [-0.25, -0.2) is 10.5 Å². The van der Waals surface area contributed by atoms with Crippen LogP contribution >= 0.6 is 0 Å². The van der Waals surface area contributed by atoms with Gasteiger partial charge < -0.3 is 0 Å². The Kier molecular flexibility index (Phi) is 5.18. The predicted octanol–water partition coefficient (Wildman–Crippen LogP) is 3.43. The van der Waals surface area contributed by atoms with E-state index in [1.54, 1.807) is 11.5 Å². The van der Waals surface area contributed by atoms with Crippen molar-refractivity contribution in [2.75, 3.05) is 0 Å². The molecule has 3 aromatic carbocycles. The monoisotopic (exact) mass is 385 g/mol. The lowest BCUT2D eigenvalue weighted by Crippen LogP contribution is -2.23. The standard InChI is InChI=1S/C23H19N3O3/c27-22(25-29)19-9-10-21-20(14-19)23(28)26(15-24-21)12-11-16-5-4-8-18(13-16)17-6-2-1-3-7-17/h1-10,13-15,29H,11-12H2,(H,25,27). The van der Waals surface area contributed by atoms with Crippen LogP contribution in [-0.2, 0) is 13.0 Å². The molecule has 6 nitrogen and oxygen atoms in total. The number of carbonyl (C=O) groups is 1. The van der Waals surface area contributed by atoms with Crippen molar-refractivity contribution in [2.24, 2.45) is 0 Å². The smallest absolute Gasteiger partial charge is 0.274 e. The summed E-state index contributed by atoms with van der Waals surface area (Å²) in [4.78, 5) is 28.8. The summed E-state index contributed by atoms with van der Waals surface area (Å²) in [6.45, 7) is 0.469. The number of fused-ring (bicyclic) bond motifs is 1. The van der Waals surface area contributed by atoms with Gasteiger partial charge in [-0.3, -0.25) is 19.4 Å². The van der Waals surface area contributed by atoms with Crippen molar-refractivity contribution >= 4 is 16.8 Å². The van der Waals surface area contributed by atoms with Gasteiger partial charge in [-0.1, -0.05) is 54.6 Å². The lowest BCUT2D eigenvalue weighted by molar-refractivity contribution is 0.0706. The molecule has 0 radical (unpaired) electrons. The number of carbonyl (C=O) groups excluding carboxylic acids is 1. The Hall–Kier alpha value is -3.77. The Morgan fingerprint density at radius 2 is 1.76 bits per heavy atom. The molecule has 0 spiro atoms. The van der Waals surface area contributed by atoms with Gasteiger partial charge in [0.25, 0.3) is 11.5 Å². The third-order valence-corrected chi connectivity index (χ3v) is 4.86. The van der Waals surface area contributed by atoms with Gasteiger partial charge in [0.05, 0.1) is 17.2 Å². The van der Waals surface area contributed by atoms with Crippen LogP contribution in [0.1, 0.15) is 15.9 Å². The van der Waals surface area contributed by atoms with Gasteiger partial charge in [0.1, 0.15) is 0 Å². The summed E-state index contributed by atoms with van der Waals surface area (Å²) in [6, 6.07) is 22.9. The van der Waals surface area contributed by atoms with Crippen LogP contribution in [0.5, 0.6) is 0 Å². The summed E-state index contributed by atoms with van der Waals surface area (Å²) in [7, 11) is 0. The van der Waals surface area contributed by atoms with Crippen LogP contribution in [0.15, 0.2) is 83.9 Å². The van der Waals surface area contributed by atoms with Crippen molar-refractivity contribution in [1.29, 1.82) is 0 Å². The maximum atomic E-state index is 12.8. The van der Waals surface area contributed by atoms with Gasteiger partial charge in [0, 0.05) is 12.1 Å². The average Bonchev–Trinajstić information content (AvgIpc) is 2.79. The van der Waals surface area contributed by atoms with Crippen molar-refractivity contribution in [3.63, 3.8) is 0 Å². The van der Waals surface area contributed by atoms with Crippen LogP contribution < -0.4 is 11.0 Å². The number of hydroxylamine groups is 1. The molecule has 1 amide bonds. The summed E-state index contributed by atoms with van der Waals surface area (Å²) < 4.78 is 1.54. The van der Waals surface area contributed by atoms with E-state index in [0.717, 1.165) is 16.7 Å². The van der Waals surface area contributed by atoms with Crippen LogP contribution in [0, 0.1) is 0 Å². The Morgan fingerprint density at radius 1 is 0.966 bits per heavy atom. The molecule has 0 unspecified atom stereocenters. The van der Waals surface area contributed by atoms with Gasteiger partial charge in [0.15, 0.2) is 0 Å². The first kappa shape index (κ1) is 18.6. The molecular formula is C23H19N3O3. The van der Waals surface area contributed by atoms with Crippen molar-refractivity contribution < 1.29 is 10.0 Å². The fourth-order valence-electron chi connectivity index (χ4n) is 3.31. The average molecular weight is 385 g/mol. The third-order valence-electron chi connectivity index (χ3n) is 4.86. The molecule has 6 heteroatoms. The molecular weight excluding hydrogens is 366 g/mol. The minimum Gasteiger partial charge on any atom is -0.298 e. The Balaban J connectivity index is 1.59. The third kappa shape index (κ3) is 3.93. The normalized spacial score (nSPS) is 10.8. The van der Waals surface area contributed by atoms with E-state index in [4.69, 9.17) is 5.21 Å². The Morgan fingerprint density at radius 3 is 2.55 bits per heavy atom. The highest BCUT2D eigenvalue weighted by Crippen LogP contribution is 2.20. The largest absolute Gasteiger partial charge is 0.298 e. The second-order valence-electron chi connectivity index (χ2n) is 6.73. The molecule has 2 N–H and O–H groups in total. The molecule has 0 saturated heterocycles. The topological polar surface area (TPSA) is 84.2 Å². The van der Waals surface area contributed by atoms with E-state index in [2.05, 4.69) is 29.2 Å². The first-order valence-corrected chi connectivity index (χ1v) is 9.24. The second kappa shape index (κ2) is 8.08. The summed E-state index contributed by atoms with van der Waals surface area (Å²) >= 11 is 0. The lowest BCUT2D eigenvalue weighted by Gasteiger charge is -2.09. The zero-order chi connectivity index (χ0) is 20.2. The number of hydrogen-bond acceptors (Lipinski definition) is 4. The molecule has 4 aromatic rings. The fourth-order valence-corrected chi connectivity index (χ4v) is 3.31. The van der Waals surface area contributed by atoms with E-state index in [1.165, 1.54) is 23.0 Å². The Bertz CT molecular complexity index is 1230. The van der Waals surface area contributed by atoms with Gasteiger partial charge in [0.2, 0.25) is 0 Å². The second-order valence-corrected chi connectivity index (χ2v) is 6.73. The summed E-state index contributed by atoms with van der Waals surface area (Å²) in [5, 5.41) is 9.14. The maximum absolute atomic E-state index is 12.8. The molecule has 144 valence electrons. The first-order chi connectivity index (χ1) is 14.2. The molecule has 0 saturated carbocycles. The highest BCUT2D eigenvalue weighted by molar-refractivity contribution is 5.97. The number of nitrogens with one attached hydrogen (secondary N) is 1. The molecule has 1 heterocycles. The minimum absolute atomic E-state index is 0.201. The van der Waals surface area contributed by atoms with Crippen LogP contribution in [0.2, 0.25) is 0 Å². The van der Waals surface area contributed by atoms with E-state index in [1.807, 2.05) is 30.3 Å². The number of amides is 1. The SMILES string of the molecule is O=C(NO)c1ccc2ncn(CCc3cccc(-c4ccccc4)c3)c(=O)c2c1. The summed E-state index contributed by atoms with van der Waals surface area (Å²) in [5.74, 6) is -0.667. The van der Waals surface area contributed by atoms with Crippen molar-refractivity contribution in [2.45, 2.75) is 13.0 Å². The van der Waals surface area contributed by atoms with Gasteiger partial charge in [-0.15, -0.1) is 0 Å². The highest BCUT2D eigenvalue weighted by atomic mass is 16.5. The molecule has 0 aliphatic heterocycles. The first-order valence-electron chi connectivity index (χ1n) is 9.24. The number of benzene rings is 3. The van der Waals surface area contributed by atoms with Crippen molar-refractivity contribution in [3.05, 3.63) is 101 Å². The molecule has 1 aromatic heterocycles. The molecule has 0 atom stereocenters. The summed E-state index contributed by atoms with van der Waals surface area (Å²) in [5.41, 5.74) is 5.46. The van der Waals surface area contributed by atoms with Crippen LogP contribution in [0.25, 0.3) is 22.0 Å². The predicted molar refractivity (Wildman–Crippen MR) is 111 cm³/mol. The van der Waals surface area contributed by atoms with Gasteiger partial charge >= 0.3 is 0 Å². The van der Waals surface area contributed by atoms with Crippen molar-refractivity contribution in [3.8, 4) is 11.1 Å². The van der Waals surface area contributed by atoms with Crippen LogP contribution in [-0.4, -0.2) is 20.7 Å². The lowest BCUT2D eigenvalue weighted by atomic mass is 10.0. The molecule has 4 rings (SSSR count). The number of aromatic nitrogens is 2. The highest BCUT2D eigenvalue weighted by Gasteiger charge is 2.10. The van der Waals surface area contributed by atoms with Crippen molar-refractivity contribution in [1.82, 2.24) is 15.0 Å². The number of nitrogens with zero attached hydrogens (tertiary/aromatic N) is 2. The van der Waals surface area contributed by atoms with Gasteiger partial charge in [-0.2, -0.15) is 0 Å². The van der Waals surface area contributed by atoms with Crippen LogP contribution in [0.3, 0.4) is 0 Å². The summed E-state index contributed by atoms with van der Waals surface area (Å²) in [6.07, 6.45) is 2.20. The fraction of sp³-hybridized carbons (Fsp3) is 0.0870. The molecule has 0 bridgehead atoms. The van der Waals surface area contributed by atoms with E-state index < -0.39 is 5.91 Å². The zero-order valence-corrected chi connectivity index (χ0v) is 15.6. The minimum atomic E-state index is -0.667. The molecule has 0 aliphatic rings. The quantitative estimate of drug-likeness (QED) is 0.407. The Labute approximate surface area is 167 Å². The van der Waals surface area contributed by atoms with E-state index >= 15 is 0 Å². The van der Waals surface area contributed by atoms with Gasteiger partial charge in [-0.05, 0) is 41.3 Å². The molecule has 29 heavy (non-hydrogen) atoms. The number of aryl methyl sites for hydroxylation is 2. The zero-order valence-electron chi connectivity index (χ0n) is 15.6. The molecule has 0 aliphatic carbocycles. The maximum Gasteiger partial charge on any atom is 0.274 e. The molecule has 0 fully saturated rings. The van der Waals surface area contributed by atoms with E-state index in [0.29, 0.717) is 23.9 Å².